The minimum atomic E-state index is -0.507. The van der Waals surface area contributed by atoms with E-state index in [-0.39, 0.29) is 13.2 Å². The number of allylic oxidation sites excluding steroid dienone is 2. The Kier molecular flexibility index (Phi) is 11.6. The lowest BCUT2D eigenvalue weighted by Crippen LogP contribution is -2.45. The Balaban J connectivity index is 1.39. The third-order valence-electron chi connectivity index (χ3n) is 7.04. The zero-order valence-electron chi connectivity index (χ0n) is 25.3. The molecule has 0 spiro atoms. The average molecular weight is 639 g/mol. The molecule has 0 radical (unpaired) electrons. The summed E-state index contributed by atoms with van der Waals surface area (Å²) in [5, 5.41) is 13.3. The molecule has 234 valence electrons. The second-order valence-corrected chi connectivity index (χ2v) is 10.9. The molecular formula is C32H38N4O6S2. The highest BCUT2D eigenvalue weighted by atomic mass is 32.1. The Hall–Kier alpha value is -4.16. The predicted molar refractivity (Wildman–Crippen MR) is 175 cm³/mol. The standard InChI is InChI=1S/C32H38N4O6S2/c1-5-39-29(37)25-19(3)33-31(43)35-27(25)21-13-7-9-15-23(21)41-17-11-12-18-42-24-16-10-8-14-22(24)28-26(30(38)40-6-2)20(4)34-32(44)36-28/h7-10,13-16,27-28H,5-6,11-12,17-18H2,1-4H3,(H2,33,35,43)(H2,34,36,44)/t27-,28-/m0/s1. The molecule has 0 fully saturated rings. The van der Waals surface area contributed by atoms with Gasteiger partial charge in [0.1, 0.15) is 11.5 Å². The van der Waals surface area contributed by atoms with Gasteiger partial charge < -0.3 is 40.2 Å². The molecule has 2 aliphatic rings. The van der Waals surface area contributed by atoms with Crippen molar-refractivity contribution in [1.29, 1.82) is 0 Å². The molecule has 44 heavy (non-hydrogen) atoms. The quantitative estimate of drug-likeness (QED) is 0.139. The summed E-state index contributed by atoms with van der Waals surface area (Å²) >= 11 is 10.7. The summed E-state index contributed by atoms with van der Waals surface area (Å²) < 4.78 is 23.0. The smallest absolute Gasteiger partial charge is 0.338 e. The number of esters is 2. The van der Waals surface area contributed by atoms with E-state index in [2.05, 4.69) is 21.3 Å². The third-order valence-corrected chi connectivity index (χ3v) is 7.48. The van der Waals surface area contributed by atoms with Crippen LogP contribution in [0.5, 0.6) is 11.5 Å². The minimum Gasteiger partial charge on any atom is -0.493 e. The van der Waals surface area contributed by atoms with E-state index in [1.54, 1.807) is 27.7 Å². The summed E-state index contributed by atoms with van der Waals surface area (Å²) in [5.74, 6) is 0.479. The van der Waals surface area contributed by atoms with Crippen molar-refractivity contribution in [3.05, 3.63) is 82.2 Å². The molecule has 12 heteroatoms. The number of hydrogen-bond acceptors (Lipinski definition) is 8. The molecule has 4 N–H and O–H groups in total. The number of ether oxygens (including phenoxy) is 4. The van der Waals surface area contributed by atoms with Crippen molar-refractivity contribution >= 4 is 46.6 Å². The molecule has 0 aliphatic carbocycles. The molecule has 10 nitrogen and oxygen atoms in total. The molecular weight excluding hydrogens is 601 g/mol. The van der Waals surface area contributed by atoms with Crippen molar-refractivity contribution in [2.24, 2.45) is 0 Å². The molecule has 0 bridgehead atoms. The van der Waals surface area contributed by atoms with E-state index in [4.69, 9.17) is 43.4 Å². The van der Waals surface area contributed by atoms with Gasteiger partial charge in [0.15, 0.2) is 10.2 Å². The van der Waals surface area contributed by atoms with Gasteiger partial charge in [-0.05, 0) is 77.1 Å². The van der Waals surface area contributed by atoms with Gasteiger partial charge in [-0.1, -0.05) is 36.4 Å². The number of benzene rings is 2. The third kappa shape index (κ3) is 7.86. The molecule has 0 aromatic heterocycles. The van der Waals surface area contributed by atoms with E-state index < -0.39 is 24.0 Å². The largest absolute Gasteiger partial charge is 0.493 e. The van der Waals surface area contributed by atoms with Crippen molar-refractivity contribution in [3.8, 4) is 11.5 Å². The van der Waals surface area contributed by atoms with E-state index in [0.29, 0.717) is 57.5 Å². The summed E-state index contributed by atoms with van der Waals surface area (Å²) in [6, 6.07) is 14.1. The maximum Gasteiger partial charge on any atom is 0.338 e. The average Bonchev–Trinajstić information content (AvgIpc) is 2.98. The highest BCUT2D eigenvalue weighted by Crippen LogP contribution is 2.35. The number of unbranched alkanes of at least 4 members (excludes halogenated alkanes) is 1. The van der Waals surface area contributed by atoms with Gasteiger partial charge in [0.05, 0.1) is 49.7 Å². The van der Waals surface area contributed by atoms with Crippen LogP contribution in [-0.4, -0.2) is 48.6 Å². The zero-order valence-corrected chi connectivity index (χ0v) is 26.9. The van der Waals surface area contributed by atoms with Crippen LogP contribution in [0, 0.1) is 0 Å². The lowest BCUT2D eigenvalue weighted by atomic mass is 9.95. The van der Waals surface area contributed by atoms with Crippen LogP contribution >= 0.6 is 24.4 Å². The van der Waals surface area contributed by atoms with Gasteiger partial charge in [0, 0.05) is 22.5 Å². The SMILES string of the molecule is CCOC(=O)C1=C(C)NC(=S)N[C@H]1c1ccccc1OCCCCOc1ccccc1[C@@H]1NC(=S)NC(C)=C1C(=O)OCC. The Morgan fingerprint density at radius 3 is 1.45 bits per heavy atom. The van der Waals surface area contributed by atoms with E-state index in [1.807, 2.05) is 48.5 Å². The first-order valence-corrected chi connectivity index (χ1v) is 15.4. The van der Waals surface area contributed by atoms with Gasteiger partial charge >= 0.3 is 11.9 Å². The Morgan fingerprint density at radius 1 is 0.682 bits per heavy atom. The first-order chi connectivity index (χ1) is 21.2. The predicted octanol–water partition coefficient (Wildman–Crippen LogP) is 4.64. The fraction of sp³-hybridized carbons (Fsp3) is 0.375. The second-order valence-electron chi connectivity index (χ2n) is 10.1. The van der Waals surface area contributed by atoms with Crippen molar-refractivity contribution in [2.45, 2.75) is 52.6 Å². The topological polar surface area (TPSA) is 119 Å². The molecule has 4 rings (SSSR count). The number of hydrogen-bond donors (Lipinski definition) is 4. The van der Waals surface area contributed by atoms with Crippen LogP contribution in [0.25, 0.3) is 0 Å². The Morgan fingerprint density at radius 2 is 1.07 bits per heavy atom. The van der Waals surface area contributed by atoms with Crippen molar-refractivity contribution in [1.82, 2.24) is 21.3 Å². The van der Waals surface area contributed by atoms with Crippen LogP contribution in [0.3, 0.4) is 0 Å². The maximum absolute atomic E-state index is 12.8. The van der Waals surface area contributed by atoms with E-state index in [1.165, 1.54) is 0 Å². The highest BCUT2D eigenvalue weighted by molar-refractivity contribution is 7.80. The van der Waals surface area contributed by atoms with E-state index in [0.717, 1.165) is 24.0 Å². The fourth-order valence-electron chi connectivity index (χ4n) is 5.08. The zero-order chi connectivity index (χ0) is 31.6. The second kappa shape index (κ2) is 15.5. The fourth-order valence-corrected chi connectivity index (χ4v) is 5.62. The summed E-state index contributed by atoms with van der Waals surface area (Å²) in [5.41, 5.74) is 3.79. The summed E-state index contributed by atoms with van der Waals surface area (Å²) in [6.07, 6.45) is 1.44. The number of carbonyl (C=O) groups excluding carboxylic acids is 2. The molecule has 2 aromatic carbocycles. The lowest BCUT2D eigenvalue weighted by molar-refractivity contribution is -0.140. The normalized spacial score (nSPS) is 18.0. The monoisotopic (exact) mass is 638 g/mol. The maximum atomic E-state index is 12.8. The van der Waals surface area contributed by atoms with Crippen molar-refractivity contribution in [2.75, 3.05) is 26.4 Å². The van der Waals surface area contributed by atoms with Gasteiger partial charge in [0.25, 0.3) is 0 Å². The highest BCUT2D eigenvalue weighted by Gasteiger charge is 2.34. The summed E-state index contributed by atoms with van der Waals surface area (Å²) in [7, 11) is 0. The summed E-state index contributed by atoms with van der Waals surface area (Å²) in [6.45, 7) is 8.56. The first kappa shape index (κ1) is 32.7. The minimum absolute atomic E-state index is 0.266. The molecule has 0 amide bonds. The van der Waals surface area contributed by atoms with Crippen LogP contribution in [0.2, 0.25) is 0 Å². The Labute approximate surface area is 268 Å². The van der Waals surface area contributed by atoms with Gasteiger partial charge in [-0.25, -0.2) is 9.59 Å². The molecule has 2 aliphatic heterocycles. The van der Waals surface area contributed by atoms with Crippen LogP contribution in [0.4, 0.5) is 0 Å². The lowest BCUT2D eigenvalue weighted by Gasteiger charge is -2.31. The van der Waals surface area contributed by atoms with E-state index in [9.17, 15) is 9.59 Å². The number of para-hydroxylation sites is 2. The summed E-state index contributed by atoms with van der Waals surface area (Å²) in [4.78, 5) is 25.6. The van der Waals surface area contributed by atoms with Crippen LogP contribution in [0.15, 0.2) is 71.1 Å². The van der Waals surface area contributed by atoms with Gasteiger partial charge in [-0.2, -0.15) is 0 Å². The molecule has 2 heterocycles. The van der Waals surface area contributed by atoms with Crippen LogP contribution in [-0.2, 0) is 19.1 Å². The molecule has 0 saturated carbocycles. The van der Waals surface area contributed by atoms with Crippen molar-refractivity contribution in [3.63, 3.8) is 0 Å². The number of rotatable bonds is 13. The van der Waals surface area contributed by atoms with Gasteiger partial charge in [-0.3, -0.25) is 0 Å². The molecule has 0 unspecified atom stereocenters. The number of thiocarbonyl (C=S) groups is 2. The van der Waals surface area contributed by atoms with Gasteiger partial charge in [0.2, 0.25) is 0 Å². The first-order valence-electron chi connectivity index (χ1n) is 14.6. The number of nitrogens with one attached hydrogen (secondary N) is 4. The van der Waals surface area contributed by atoms with Crippen LogP contribution in [0.1, 0.15) is 63.7 Å². The van der Waals surface area contributed by atoms with Crippen LogP contribution < -0.4 is 30.7 Å². The Bertz CT molecular complexity index is 1360. The van der Waals surface area contributed by atoms with E-state index >= 15 is 0 Å². The molecule has 2 aromatic rings. The number of carbonyl (C=O) groups is 2. The molecule has 0 saturated heterocycles. The molecule has 2 atom stereocenters. The van der Waals surface area contributed by atoms with Gasteiger partial charge in [-0.15, -0.1) is 0 Å². The van der Waals surface area contributed by atoms with Crippen molar-refractivity contribution < 1.29 is 28.5 Å².